The molecule has 0 saturated heterocycles. The van der Waals surface area contributed by atoms with Crippen LogP contribution in [-0.2, 0) is 5.41 Å². The first-order valence-electron chi connectivity index (χ1n) is 20.0. The van der Waals surface area contributed by atoms with Gasteiger partial charge in [-0.25, -0.2) is 0 Å². The second-order valence-electron chi connectivity index (χ2n) is 15.4. The quantitative estimate of drug-likeness (QED) is 0.162. The Bertz CT molecular complexity index is 2960. The molecule has 10 aromatic rings. The lowest BCUT2D eigenvalue weighted by Crippen LogP contribution is -2.22. The average Bonchev–Trinajstić information content (AvgIpc) is 3.80. The van der Waals surface area contributed by atoms with E-state index in [2.05, 4.69) is 230 Å². The Kier molecular flexibility index (Phi) is 7.97. The summed E-state index contributed by atoms with van der Waals surface area (Å²) in [4.78, 5) is 2.33. The molecule has 11 rings (SSSR count). The van der Waals surface area contributed by atoms with Gasteiger partial charge in [0.25, 0.3) is 0 Å². The van der Waals surface area contributed by atoms with Gasteiger partial charge < -0.3 is 9.32 Å². The molecule has 9 aromatic carbocycles. The van der Waals surface area contributed by atoms with Crippen molar-refractivity contribution in [2.45, 2.75) is 12.3 Å². The largest absolute Gasteiger partial charge is 0.456 e. The minimum absolute atomic E-state index is 0.338. The molecule has 274 valence electrons. The average molecular weight is 742 g/mol. The van der Waals surface area contributed by atoms with Gasteiger partial charge in [0.2, 0.25) is 0 Å². The summed E-state index contributed by atoms with van der Waals surface area (Å²) in [6.07, 6.45) is 0. The fourth-order valence-corrected chi connectivity index (χ4v) is 9.23. The number of anilines is 3. The van der Waals surface area contributed by atoms with E-state index in [0.29, 0.717) is 0 Å². The van der Waals surface area contributed by atoms with Crippen LogP contribution in [-0.4, -0.2) is 0 Å². The van der Waals surface area contributed by atoms with E-state index in [1.54, 1.807) is 0 Å². The second-order valence-corrected chi connectivity index (χ2v) is 15.4. The zero-order valence-corrected chi connectivity index (χ0v) is 32.1. The summed E-state index contributed by atoms with van der Waals surface area (Å²) in [7, 11) is 0. The zero-order chi connectivity index (χ0) is 38.6. The molecule has 0 fully saturated rings. The van der Waals surface area contributed by atoms with Crippen molar-refractivity contribution in [2.24, 2.45) is 0 Å². The molecule has 1 heterocycles. The van der Waals surface area contributed by atoms with Gasteiger partial charge in [-0.05, 0) is 111 Å². The van der Waals surface area contributed by atoms with Crippen molar-refractivity contribution in [2.75, 3.05) is 4.90 Å². The molecule has 0 aliphatic heterocycles. The third kappa shape index (κ3) is 5.49. The van der Waals surface area contributed by atoms with Crippen molar-refractivity contribution in [3.05, 3.63) is 235 Å². The van der Waals surface area contributed by atoms with Crippen molar-refractivity contribution in [1.29, 1.82) is 0 Å². The summed E-state index contributed by atoms with van der Waals surface area (Å²) < 4.78 is 6.91. The van der Waals surface area contributed by atoms with E-state index in [1.165, 1.54) is 50.1 Å². The van der Waals surface area contributed by atoms with Crippen LogP contribution in [0.1, 0.15) is 23.6 Å². The van der Waals surface area contributed by atoms with E-state index in [9.17, 15) is 0 Å². The molecule has 0 unspecified atom stereocenters. The number of hydrogen-bond acceptors (Lipinski definition) is 2. The Morgan fingerprint density at radius 3 is 1.28 bits per heavy atom. The van der Waals surface area contributed by atoms with Crippen LogP contribution in [0, 0.1) is 0 Å². The molecule has 0 bridgehead atoms. The van der Waals surface area contributed by atoms with E-state index in [0.717, 1.165) is 50.1 Å². The summed E-state index contributed by atoms with van der Waals surface area (Å²) in [5.74, 6) is 0. The van der Waals surface area contributed by atoms with Crippen LogP contribution in [0.4, 0.5) is 17.1 Å². The zero-order valence-electron chi connectivity index (χ0n) is 32.1. The second kappa shape index (κ2) is 13.7. The third-order valence-electron chi connectivity index (χ3n) is 12.2. The fraction of sp³-hybridized carbons (Fsp3) is 0.0357. The lowest BCUT2D eigenvalue weighted by Gasteiger charge is -2.28. The SMILES string of the molecule is CC1(c2cccc3c2oc2cc(-c4ccc(N(c5ccc(-c6ccccc6)cc5)c5ccc(-c6ccccc6)cc5)cc4)ccc23)c2ccccc2-c2ccccc21. The number of para-hydroxylation sites is 1. The standard InChI is InChI=1S/C56H39NO/c1-56(51-20-10-8-17-47(51)48-18-9-11-21-52(48)56)53-22-12-19-50-49-36-29-43(37-54(49)58-55(50)53)42-27-34-46(35-28-42)57(44-30-23-40(24-31-44)38-13-4-2-5-14-38)45-32-25-41(26-33-45)39-15-6-3-7-16-39/h2-37H,1H3. The van der Waals surface area contributed by atoms with Crippen LogP contribution in [0.15, 0.2) is 223 Å². The topological polar surface area (TPSA) is 16.4 Å². The molecule has 0 saturated carbocycles. The van der Waals surface area contributed by atoms with Crippen LogP contribution in [0.5, 0.6) is 0 Å². The summed E-state index contributed by atoms with van der Waals surface area (Å²) in [6.45, 7) is 2.35. The molecule has 0 atom stereocenters. The number of furan rings is 1. The minimum atomic E-state index is -0.338. The van der Waals surface area contributed by atoms with Crippen molar-refractivity contribution in [1.82, 2.24) is 0 Å². The van der Waals surface area contributed by atoms with Crippen LogP contribution in [0.3, 0.4) is 0 Å². The molecule has 1 aromatic heterocycles. The fourth-order valence-electron chi connectivity index (χ4n) is 9.23. The predicted octanol–water partition coefficient (Wildman–Crippen LogP) is 15.4. The van der Waals surface area contributed by atoms with Gasteiger partial charge >= 0.3 is 0 Å². The van der Waals surface area contributed by atoms with Crippen molar-refractivity contribution < 1.29 is 4.42 Å². The van der Waals surface area contributed by atoms with E-state index in [-0.39, 0.29) is 5.41 Å². The monoisotopic (exact) mass is 741 g/mol. The molecule has 1 aliphatic carbocycles. The molecule has 1 aliphatic rings. The van der Waals surface area contributed by atoms with Crippen LogP contribution in [0.25, 0.3) is 66.4 Å². The third-order valence-corrected chi connectivity index (χ3v) is 12.2. The molecule has 2 nitrogen and oxygen atoms in total. The van der Waals surface area contributed by atoms with Gasteiger partial charge in [-0.15, -0.1) is 0 Å². The first-order valence-corrected chi connectivity index (χ1v) is 20.0. The Balaban J connectivity index is 0.964. The minimum Gasteiger partial charge on any atom is -0.456 e. The van der Waals surface area contributed by atoms with Crippen LogP contribution < -0.4 is 4.90 Å². The molecule has 58 heavy (non-hydrogen) atoms. The van der Waals surface area contributed by atoms with Crippen molar-refractivity contribution in [3.8, 4) is 44.5 Å². The first-order chi connectivity index (χ1) is 28.6. The molecular formula is C56H39NO. The maximum Gasteiger partial charge on any atom is 0.139 e. The van der Waals surface area contributed by atoms with Gasteiger partial charge in [0.1, 0.15) is 11.2 Å². The summed E-state index contributed by atoms with van der Waals surface area (Å²) in [6, 6.07) is 78.6. The van der Waals surface area contributed by atoms with Crippen molar-refractivity contribution >= 4 is 39.0 Å². The van der Waals surface area contributed by atoms with Gasteiger partial charge in [0.05, 0.1) is 0 Å². The van der Waals surface area contributed by atoms with Gasteiger partial charge in [0, 0.05) is 38.8 Å². The number of nitrogens with zero attached hydrogens (tertiary/aromatic N) is 1. The van der Waals surface area contributed by atoms with E-state index < -0.39 is 0 Å². The van der Waals surface area contributed by atoms with Gasteiger partial charge in [-0.3, -0.25) is 0 Å². The lowest BCUT2D eigenvalue weighted by molar-refractivity contribution is 0.638. The summed E-state index contributed by atoms with van der Waals surface area (Å²) >= 11 is 0. The maximum absolute atomic E-state index is 6.91. The number of benzene rings is 9. The van der Waals surface area contributed by atoms with Crippen LogP contribution in [0.2, 0.25) is 0 Å². The highest BCUT2D eigenvalue weighted by atomic mass is 16.3. The highest BCUT2D eigenvalue weighted by Crippen LogP contribution is 2.54. The highest BCUT2D eigenvalue weighted by molar-refractivity contribution is 6.08. The Hall–Kier alpha value is -7.42. The van der Waals surface area contributed by atoms with Gasteiger partial charge in [0.15, 0.2) is 0 Å². The Morgan fingerprint density at radius 2 is 0.759 bits per heavy atom. The van der Waals surface area contributed by atoms with Crippen LogP contribution >= 0.6 is 0 Å². The first kappa shape index (κ1) is 33.9. The highest BCUT2D eigenvalue weighted by Gasteiger charge is 2.42. The van der Waals surface area contributed by atoms with E-state index in [1.807, 2.05) is 0 Å². The van der Waals surface area contributed by atoms with Gasteiger partial charge in [-0.1, -0.05) is 170 Å². The van der Waals surface area contributed by atoms with Gasteiger partial charge in [-0.2, -0.15) is 0 Å². The Labute approximate surface area is 338 Å². The Morgan fingerprint density at radius 1 is 0.345 bits per heavy atom. The summed E-state index contributed by atoms with van der Waals surface area (Å²) in [5, 5.41) is 2.27. The number of rotatable bonds is 7. The molecule has 0 N–H and O–H groups in total. The molecule has 0 radical (unpaired) electrons. The maximum atomic E-state index is 6.91. The van der Waals surface area contributed by atoms with Crippen molar-refractivity contribution in [3.63, 3.8) is 0 Å². The molecule has 0 spiro atoms. The lowest BCUT2D eigenvalue weighted by atomic mass is 9.74. The van der Waals surface area contributed by atoms with E-state index >= 15 is 0 Å². The molecule has 2 heteroatoms. The smallest absolute Gasteiger partial charge is 0.139 e. The predicted molar refractivity (Wildman–Crippen MR) is 242 cm³/mol. The molecule has 0 amide bonds. The molecular weight excluding hydrogens is 703 g/mol. The number of fused-ring (bicyclic) bond motifs is 6. The summed E-state index contributed by atoms with van der Waals surface area (Å²) in [5.41, 5.74) is 18.3. The van der Waals surface area contributed by atoms with E-state index in [4.69, 9.17) is 4.42 Å². The normalized spacial score (nSPS) is 12.7. The number of hydrogen-bond donors (Lipinski definition) is 0.